The van der Waals surface area contributed by atoms with Crippen LogP contribution in [0.3, 0.4) is 0 Å². The van der Waals surface area contributed by atoms with Crippen LogP contribution in [0.1, 0.15) is 61.5 Å². The smallest absolute Gasteiger partial charge is 0.251 e. The molecule has 4 heterocycles. The van der Waals surface area contributed by atoms with Crippen LogP contribution >= 0.6 is 36.2 Å². The van der Waals surface area contributed by atoms with Crippen LogP contribution in [0.25, 0.3) is 32.3 Å². The van der Waals surface area contributed by atoms with Crippen LogP contribution in [-0.4, -0.2) is 216 Å². The minimum Gasteiger partial charge on any atom is -0.504 e. The number of aromatic hydroxyl groups is 1. The molecule has 0 aliphatic carbocycles. The molecule has 0 radical (unpaired) electrons. The number of carbonyl (C=O) groups is 7. The number of halogens is 2. The number of β-amino-alcohol motifs (C(OH)–C–C–N with tert-alkyl or cyclic N) is 1. The van der Waals surface area contributed by atoms with Gasteiger partial charge in [-0.05, 0) is 73.3 Å². The van der Waals surface area contributed by atoms with Gasteiger partial charge in [-0.25, -0.2) is 0 Å². The molecule has 3 saturated heterocycles. The number of nitrogens with one attached hydrogen (secondary N) is 5. The molecule has 1 aromatic heterocycles. The number of amides is 7. The standard InChI is InChI=1S/C61H77N11O16S.2ClH/c1-4-87-30-33-5-8-35(9-6-33)36-10-14-38(15-11-36)58-69-70-59(89-58)39-16-12-37(13-17-39)53(80)65-42-25-40(74)27-64-57(84)51-52(79)31(2)28-72(51)61(86)50(45(77)19-20-62)68-56(83)49(46(78)23-34-7-18-44(76)47(24-34)88-22-21-63)67-55(82)43-26-41(75)29-71(43)60(85)48(32(3)73)66-54(42)81;;/h5-18,24,31-32,40-43,45-46,48-52,73-79H,4,19-23,25-30,62-63H2,1-3H3,(H,64,84)(H,65,80)(H,66,81)(H,67,82)(H,68,83);2*1H/t31-,32+,40+,41+,42-,43-,45+,46+,48-,49-,50-,51-,52-;;/m0../s1. The molecular formula is C61H79Cl2N11O16S. The van der Waals surface area contributed by atoms with Gasteiger partial charge in [0.15, 0.2) is 11.5 Å². The molecule has 494 valence electrons. The summed E-state index contributed by atoms with van der Waals surface area (Å²) in [5.74, 6) is -8.67. The minimum atomic E-state index is -2.04. The van der Waals surface area contributed by atoms with Crippen LogP contribution in [0.4, 0.5) is 0 Å². The van der Waals surface area contributed by atoms with Crippen LogP contribution in [0.5, 0.6) is 11.5 Å². The molecule has 5 aromatic rings. The SMILES string of the molecule is CCOCc1ccc(-c2ccc(-c3nnc(-c4ccc(C(=O)N[C@H]5C[C@@H](O)CNC(=O)[C@@H]6[C@@H](O)[C@@H](C)CN6C(=O)[C@H]([C@H](O)CCN)NC(=O)[C@H]([C@H](O)Cc6ccc(O)c(OCCN)c6)NC(=O)[C@@H]6C[C@@H](O)CN6C(=O)[C@H]([C@@H](C)O)NC5=O)cc4)s3)cc2)cc1.Cl.Cl. The third kappa shape index (κ3) is 18.0. The van der Waals surface area contributed by atoms with E-state index < -0.39 is 152 Å². The number of hydrogen-bond acceptors (Lipinski definition) is 21. The van der Waals surface area contributed by atoms with E-state index in [1.807, 2.05) is 55.5 Å². The van der Waals surface area contributed by atoms with Gasteiger partial charge < -0.3 is 93.1 Å². The number of nitrogens with zero attached hydrogens (tertiary/aromatic N) is 4. The first-order chi connectivity index (χ1) is 42.6. The fourth-order valence-electron chi connectivity index (χ4n) is 10.9. The first kappa shape index (κ1) is 72.6. The number of ether oxygens (including phenoxy) is 2. The van der Waals surface area contributed by atoms with Gasteiger partial charge in [0.2, 0.25) is 35.4 Å². The Morgan fingerprint density at radius 2 is 1.29 bits per heavy atom. The van der Waals surface area contributed by atoms with E-state index in [4.69, 9.17) is 20.9 Å². The fourth-order valence-corrected chi connectivity index (χ4v) is 11.7. The van der Waals surface area contributed by atoms with E-state index in [0.29, 0.717) is 28.8 Å². The fraction of sp³-hybridized carbons (Fsp3) is 0.459. The van der Waals surface area contributed by atoms with Gasteiger partial charge in [-0.15, -0.1) is 35.0 Å². The molecule has 0 spiro atoms. The molecule has 30 heteroatoms. The molecule has 4 aromatic carbocycles. The Labute approximate surface area is 541 Å². The number of rotatable bonds is 18. The minimum absolute atomic E-state index is 0. The van der Waals surface area contributed by atoms with E-state index in [0.717, 1.165) is 39.0 Å². The lowest BCUT2D eigenvalue weighted by Gasteiger charge is -2.34. The topological polar surface area (TPSA) is 424 Å². The van der Waals surface area contributed by atoms with Gasteiger partial charge in [-0.1, -0.05) is 85.0 Å². The Morgan fingerprint density at radius 3 is 1.90 bits per heavy atom. The van der Waals surface area contributed by atoms with Crippen molar-refractivity contribution in [2.24, 2.45) is 17.4 Å². The number of carbonyl (C=O) groups excluding carboxylic acids is 7. The predicted molar refractivity (Wildman–Crippen MR) is 337 cm³/mol. The lowest BCUT2D eigenvalue weighted by atomic mass is 9.98. The molecule has 3 fully saturated rings. The number of aliphatic hydroxyl groups excluding tert-OH is 6. The summed E-state index contributed by atoms with van der Waals surface area (Å²) in [6.07, 6.45) is -11.9. The monoisotopic (exact) mass is 1320 g/mol. The average Bonchev–Trinajstić information content (AvgIpc) is 1.77. The third-order valence-electron chi connectivity index (χ3n) is 15.8. The summed E-state index contributed by atoms with van der Waals surface area (Å²) in [5, 5.41) is 101. The molecule has 3 aliphatic heterocycles. The van der Waals surface area contributed by atoms with E-state index in [2.05, 4.69) is 36.8 Å². The average molecular weight is 1330 g/mol. The van der Waals surface area contributed by atoms with Gasteiger partial charge in [-0.3, -0.25) is 33.6 Å². The van der Waals surface area contributed by atoms with E-state index in [-0.39, 0.29) is 80.1 Å². The lowest BCUT2D eigenvalue weighted by Crippen LogP contribution is -2.64. The van der Waals surface area contributed by atoms with Crippen molar-refractivity contribution in [1.82, 2.24) is 46.6 Å². The number of benzene rings is 4. The van der Waals surface area contributed by atoms with Crippen LogP contribution in [-0.2, 0) is 46.5 Å². The van der Waals surface area contributed by atoms with Crippen LogP contribution in [0.2, 0.25) is 0 Å². The summed E-state index contributed by atoms with van der Waals surface area (Å²) in [6.45, 7) is 4.16. The molecular weight excluding hydrogens is 1250 g/mol. The van der Waals surface area contributed by atoms with Crippen LogP contribution in [0.15, 0.2) is 91.0 Å². The summed E-state index contributed by atoms with van der Waals surface area (Å²) in [5.41, 5.74) is 16.2. The Morgan fingerprint density at radius 1 is 0.703 bits per heavy atom. The maximum absolute atomic E-state index is 14.7. The molecule has 0 unspecified atom stereocenters. The molecule has 16 N–H and O–H groups in total. The molecule has 0 saturated carbocycles. The maximum Gasteiger partial charge on any atom is 0.251 e. The Kier molecular flexibility index (Phi) is 26.5. The normalized spacial score (nSPS) is 24.6. The van der Waals surface area contributed by atoms with Crippen LogP contribution in [0, 0.1) is 5.92 Å². The highest BCUT2D eigenvalue weighted by atomic mass is 35.5. The molecule has 3 aliphatic rings. The summed E-state index contributed by atoms with van der Waals surface area (Å²) >= 11 is 1.31. The summed E-state index contributed by atoms with van der Waals surface area (Å²) in [7, 11) is 0. The van der Waals surface area contributed by atoms with Gasteiger partial charge in [0, 0.05) is 74.7 Å². The van der Waals surface area contributed by atoms with Gasteiger partial charge in [0.05, 0.1) is 43.2 Å². The molecule has 7 amide bonds. The molecule has 0 bridgehead atoms. The number of fused-ring (bicyclic) bond motifs is 2. The Hall–Kier alpha value is -7.45. The van der Waals surface area contributed by atoms with E-state index in [1.54, 1.807) is 12.1 Å². The first-order valence-corrected chi connectivity index (χ1v) is 30.2. The van der Waals surface area contributed by atoms with Gasteiger partial charge in [0.1, 0.15) is 52.9 Å². The highest BCUT2D eigenvalue weighted by molar-refractivity contribution is 7.17. The quantitative estimate of drug-likeness (QED) is 0.0514. The molecule has 13 atom stereocenters. The number of aromatic nitrogens is 2. The van der Waals surface area contributed by atoms with Crippen LogP contribution < -0.4 is 42.8 Å². The van der Waals surface area contributed by atoms with Gasteiger partial charge >= 0.3 is 0 Å². The van der Waals surface area contributed by atoms with Crippen molar-refractivity contribution in [1.29, 1.82) is 0 Å². The summed E-state index contributed by atoms with van der Waals surface area (Å²) in [4.78, 5) is 103. The predicted octanol–water partition coefficient (Wildman–Crippen LogP) is -0.740. The second-order valence-corrected chi connectivity index (χ2v) is 23.4. The van der Waals surface area contributed by atoms with Crippen molar-refractivity contribution >= 4 is 77.5 Å². The number of aliphatic hydroxyl groups is 6. The van der Waals surface area contributed by atoms with Gasteiger partial charge in [-0.2, -0.15) is 0 Å². The number of nitrogens with two attached hydrogens (primary N) is 2. The first-order valence-electron chi connectivity index (χ1n) is 29.3. The number of phenolic OH excluding ortho intramolecular Hbond substituents is 1. The molecule has 91 heavy (non-hydrogen) atoms. The maximum atomic E-state index is 14.7. The number of hydrogen-bond donors (Lipinski definition) is 14. The zero-order valence-corrected chi connectivity index (χ0v) is 52.6. The summed E-state index contributed by atoms with van der Waals surface area (Å²) < 4.78 is 11.0. The lowest BCUT2D eigenvalue weighted by molar-refractivity contribution is -0.147. The van der Waals surface area contributed by atoms with Crippen molar-refractivity contribution in [3.8, 4) is 43.8 Å². The Balaban J connectivity index is 0.00000658. The highest BCUT2D eigenvalue weighted by Crippen LogP contribution is 2.33. The number of phenols is 1. The third-order valence-corrected chi connectivity index (χ3v) is 16.8. The molecule has 27 nitrogen and oxygen atoms in total. The van der Waals surface area contributed by atoms with Crippen molar-refractivity contribution in [3.05, 3.63) is 108 Å². The molecule has 8 rings (SSSR count). The summed E-state index contributed by atoms with van der Waals surface area (Å²) in [6, 6.07) is 15.2. The van der Waals surface area contributed by atoms with E-state index in [1.165, 1.54) is 48.6 Å². The van der Waals surface area contributed by atoms with Crippen molar-refractivity contribution in [2.45, 2.75) is 126 Å². The zero-order chi connectivity index (χ0) is 64.2. The highest BCUT2D eigenvalue weighted by Gasteiger charge is 2.50. The second kappa shape index (κ2) is 33.2. The van der Waals surface area contributed by atoms with Crippen molar-refractivity contribution in [3.63, 3.8) is 0 Å². The van der Waals surface area contributed by atoms with Gasteiger partial charge in [0.25, 0.3) is 5.91 Å². The van der Waals surface area contributed by atoms with Crippen molar-refractivity contribution < 1.29 is 78.8 Å². The van der Waals surface area contributed by atoms with E-state index >= 15 is 0 Å². The zero-order valence-electron chi connectivity index (χ0n) is 50.1. The second-order valence-electron chi connectivity index (χ2n) is 22.4. The Bertz CT molecular complexity index is 3300. The van der Waals surface area contributed by atoms with Crippen molar-refractivity contribution in [2.75, 3.05) is 45.9 Å². The largest absolute Gasteiger partial charge is 0.504 e. The van der Waals surface area contributed by atoms with E-state index in [9.17, 15) is 69.3 Å².